The molecule has 0 saturated heterocycles. The van der Waals surface area contributed by atoms with Gasteiger partial charge in [-0.2, -0.15) is 0 Å². The fraction of sp³-hybridized carbons (Fsp3) is 0.588. The van der Waals surface area contributed by atoms with Crippen molar-refractivity contribution < 1.29 is 9.53 Å². The number of hydrogen-bond acceptors (Lipinski definition) is 4. The van der Waals surface area contributed by atoms with E-state index < -0.39 is 6.04 Å². The fourth-order valence-electron chi connectivity index (χ4n) is 2.03. The van der Waals surface area contributed by atoms with E-state index in [1.54, 1.807) is 0 Å². The van der Waals surface area contributed by atoms with Gasteiger partial charge in [-0.1, -0.05) is 26.0 Å². The molecule has 0 unspecified atom stereocenters. The van der Waals surface area contributed by atoms with E-state index in [0.29, 0.717) is 25.5 Å². The van der Waals surface area contributed by atoms with E-state index in [0.717, 1.165) is 17.9 Å². The van der Waals surface area contributed by atoms with Gasteiger partial charge in [-0.05, 0) is 44.1 Å². The molecule has 124 valence electrons. The summed E-state index contributed by atoms with van der Waals surface area (Å²) in [6.45, 7) is 6.09. The van der Waals surface area contributed by atoms with Crippen LogP contribution >= 0.6 is 0 Å². The quantitative estimate of drug-likeness (QED) is 0.727. The lowest BCUT2D eigenvalue weighted by Gasteiger charge is -2.15. The van der Waals surface area contributed by atoms with Crippen LogP contribution in [-0.4, -0.2) is 44.1 Å². The minimum Gasteiger partial charge on any atom is -0.492 e. The topological polar surface area (TPSA) is 67.6 Å². The summed E-state index contributed by atoms with van der Waals surface area (Å²) in [5, 5.41) is 2.88. The molecule has 1 rings (SSSR count). The number of nitrogens with zero attached hydrogens (tertiary/aromatic N) is 1. The molecule has 22 heavy (non-hydrogen) atoms. The Morgan fingerprint density at radius 1 is 1.36 bits per heavy atom. The van der Waals surface area contributed by atoms with Gasteiger partial charge in [0.25, 0.3) is 0 Å². The standard InChI is InChI=1S/C17H29N3O2/c1-13(2)10-16(18)17(21)19-12-14-6-5-7-15(11-14)22-9-8-20(3)4/h5-7,11,13,16H,8-10,12,18H2,1-4H3,(H,19,21)/t16-/m0/s1. The van der Waals surface area contributed by atoms with Crippen LogP contribution in [0.3, 0.4) is 0 Å². The number of carbonyl (C=O) groups is 1. The zero-order valence-corrected chi connectivity index (χ0v) is 14.1. The number of rotatable bonds is 9. The third kappa shape index (κ3) is 7.43. The summed E-state index contributed by atoms with van der Waals surface area (Å²) in [7, 11) is 4.02. The van der Waals surface area contributed by atoms with Gasteiger partial charge in [-0.25, -0.2) is 0 Å². The average molecular weight is 307 g/mol. The lowest BCUT2D eigenvalue weighted by Crippen LogP contribution is -2.41. The highest BCUT2D eigenvalue weighted by molar-refractivity contribution is 5.81. The van der Waals surface area contributed by atoms with Gasteiger partial charge >= 0.3 is 0 Å². The summed E-state index contributed by atoms with van der Waals surface area (Å²) in [6, 6.07) is 7.32. The maximum Gasteiger partial charge on any atom is 0.237 e. The lowest BCUT2D eigenvalue weighted by molar-refractivity contribution is -0.122. The van der Waals surface area contributed by atoms with Gasteiger partial charge in [0.1, 0.15) is 12.4 Å². The van der Waals surface area contributed by atoms with Gasteiger partial charge in [0.2, 0.25) is 5.91 Å². The van der Waals surface area contributed by atoms with Crippen LogP contribution in [0.25, 0.3) is 0 Å². The van der Waals surface area contributed by atoms with Crippen molar-refractivity contribution in [2.75, 3.05) is 27.2 Å². The first-order chi connectivity index (χ1) is 10.4. The second-order valence-electron chi connectivity index (χ2n) is 6.25. The first kappa shape index (κ1) is 18.5. The van der Waals surface area contributed by atoms with Gasteiger partial charge < -0.3 is 20.7 Å². The van der Waals surface area contributed by atoms with Crippen molar-refractivity contribution in [3.63, 3.8) is 0 Å². The molecule has 5 nitrogen and oxygen atoms in total. The highest BCUT2D eigenvalue weighted by Crippen LogP contribution is 2.13. The monoisotopic (exact) mass is 307 g/mol. The summed E-state index contributed by atoms with van der Waals surface area (Å²) < 4.78 is 5.69. The van der Waals surface area contributed by atoms with Crippen LogP contribution in [0.5, 0.6) is 5.75 Å². The summed E-state index contributed by atoms with van der Waals surface area (Å²) in [5.74, 6) is 1.13. The highest BCUT2D eigenvalue weighted by Gasteiger charge is 2.14. The van der Waals surface area contributed by atoms with Crippen molar-refractivity contribution >= 4 is 5.91 Å². The molecule has 0 spiro atoms. The minimum atomic E-state index is -0.445. The smallest absolute Gasteiger partial charge is 0.237 e. The Hall–Kier alpha value is -1.59. The molecular formula is C17H29N3O2. The Bertz CT molecular complexity index is 461. The van der Waals surface area contributed by atoms with E-state index in [2.05, 4.69) is 24.1 Å². The number of amides is 1. The Morgan fingerprint density at radius 3 is 2.73 bits per heavy atom. The number of benzene rings is 1. The Kier molecular flexibility index (Phi) is 7.91. The zero-order chi connectivity index (χ0) is 16.5. The van der Waals surface area contributed by atoms with Crippen LogP contribution in [-0.2, 0) is 11.3 Å². The molecule has 1 atom stereocenters. The molecule has 0 saturated carbocycles. The van der Waals surface area contributed by atoms with E-state index in [1.807, 2.05) is 38.4 Å². The SMILES string of the molecule is CC(C)C[C@H](N)C(=O)NCc1cccc(OCCN(C)C)c1. The predicted molar refractivity (Wildman–Crippen MR) is 89.8 cm³/mol. The molecule has 0 heterocycles. The number of likely N-dealkylation sites (N-methyl/N-ethyl adjacent to an activating group) is 1. The van der Waals surface area contributed by atoms with Gasteiger partial charge in [0.05, 0.1) is 6.04 Å². The molecule has 5 heteroatoms. The van der Waals surface area contributed by atoms with Crippen LogP contribution < -0.4 is 15.8 Å². The van der Waals surface area contributed by atoms with E-state index in [1.165, 1.54) is 0 Å². The van der Waals surface area contributed by atoms with Crippen LogP contribution in [0, 0.1) is 5.92 Å². The van der Waals surface area contributed by atoms with Crippen LogP contribution in [0.15, 0.2) is 24.3 Å². The van der Waals surface area contributed by atoms with Crippen molar-refractivity contribution in [1.82, 2.24) is 10.2 Å². The summed E-state index contributed by atoms with van der Waals surface area (Å²) >= 11 is 0. The van der Waals surface area contributed by atoms with Crippen LogP contribution in [0.1, 0.15) is 25.8 Å². The van der Waals surface area contributed by atoms with E-state index >= 15 is 0 Å². The molecule has 0 aromatic heterocycles. The molecule has 3 N–H and O–H groups in total. The lowest BCUT2D eigenvalue weighted by atomic mass is 10.0. The molecule has 0 bridgehead atoms. The zero-order valence-electron chi connectivity index (χ0n) is 14.1. The van der Waals surface area contributed by atoms with Crippen molar-refractivity contribution in [3.05, 3.63) is 29.8 Å². The number of nitrogens with two attached hydrogens (primary N) is 1. The molecular weight excluding hydrogens is 278 g/mol. The average Bonchev–Trinajstić information content (AvgIpc) is 2.44. The largest absolute Gasteiger partial charge is 0.492 e. The summed E-state index contributed by atoms with van der Waals surface area (Å²) in [5.41, 5.74) is 6.87. The minimum absolute atomic E-state index is 0.104. The normalized spacial score (nSPS) is 12.5. The fourth-order valence-corrected chi connectivity index (χ4v) is 2.03. The Balaban J connectivity index is 2.44. The maximum absolute atomic E-state index is 11.9. The van der Waals surface area contributed by atoms with E-state index in [4.69, 9.17) is 10.5 Å². The second kappa shape index (κ2) is 9.43. The maximum atomic E-state index is 11.9. The van der Waals surface area contributed by atoms with Crippen molar-refractivity contribution in [1.29, 1.82) is 0 Å². The number of ether oxygens (including phenoxy) is 1. The van der Waals surface area contributed by atoms with Gasteiger partial charge in [0.15, 0.2) is 0 Å². The molecule has 0 fully saturated rings. The molecule has 0 aliphatic carbocycles. The molecule has 1 amide bonds. The summed E-state index contributed by atoms with van der Waals surface area (Å²) in [6.07, 6.45) is 0.694. The van der Waals surface area contributed by atoms with Gasteiger partial charge in [0, 0.05) is 13.1 Å². The molecule has 1 aromatic carbocycles. The first-order valence-corrected chi connectivity index (χ1v) is 7.78. The van der Waals surface area contributed by atoms with Gasteiger partial charge in [-0.15, -0.1) is 0 Å². The number of nitrogens with one attached hydrogen (secondary N) is 1. The second-order valence-corrected chi connectivity index (χ2v) is 6.25. The van der Waals surface area contributed by atoms with Crippen molar-refractivity contribution in [3.8, 4) is 5.75 Å². The number of hydrogen-bond donors (Lipinski definition) is 2. The van der Waals surface area contributed by atoms with Crippen LogP contribution in [0.4, 0.5) is 0 Å². The van der Waals surface area contributed by atoms with Crippen LogP contribution in [0.2, 0.25) is 0 Å². The Labute approximate surface area is 133 Å². The van der Waals surface area contributed by atoms with E-state index in [-0.39, 0.29) is 5.91 Å². The number of carbonyl (C=O) groups excluding carboxylic acids is 1. The van der Waals surface area contributed by atoms with E-state index in [9.17, 15) is 4.79 Å². The molecule has 1 aromatic rings. The highest BCUT2D eigenvalue weighted by atomic mass is 16.5. The van der Waals surface area contributed by atoms with Crippen molar-refractivity contribution in [2.45, 2.75) is 32.9 Å². The van der Waals surface area contributed by atoms with Gasteiger partial charge in [-0.3, -0.25) is 4.79 Å². The third-order valence-electron chi connectivity index (χ3n) is 3.23. The molecule has 0 aliphatic heterocycles. The first-order valence-electron chi connectivity index (χ1n) is 7.78. The Morgan fingerprint density at radius 2 is 2.09 bits per heavy atom. The van der Waals surface area contributed by atoms with Crippen molar-refractivity contribution in [2.24, 2.45) is 11.7 Å². The summed E-state index contributed by atoms with van der Waals surface area (Å²) in [4.78, 5) is 14.0. The molecule has 0 radical (unpaired) electrons. The predicted octanol–water partition coefficient (Wildman–Crippen LogP) is 1.62. The molecule has 0 aliphatic rings. The third-order valence-corrected chi connectivity index (χ3v) is 3.23.